The number of hydrogen-bond donors (Lipinski definition) is 0. The summed E-state index contributed by atoms with van der Waals surface area (Å²) < 4.78 is 0. The molecule has 1 aliphatic rings. The van der Waals surface area contributed by atoms with Crippen molar-refractivity contribution in [3.8, 4) is 0 Å². The van der Waals surface area contributed by atoms with Crippen LogP contribution in [0.1, 0.15) is 38.5 Å². The van der Waals surface area contributed by atoms with Gasteiger partial charge in [-0.3, -0.25) is 0 Å². The Morgan fingerprint density at radius 2 is 0.786 bits per heavy atom. The molecule has 0 unspecified atom stereocenters. The van der Waals surface area contributed by atoms with Gasteiger partial charge in [0.15, 0.2) is 0 Å². The van der Waals surface area contributed by atoms with Gasteiger partial charge in [0.1, 0.15) is 0 Å². The average molecular weight is 188 g/mol. The maximum atomic E-state index is 2.27. The van der Waals surface area contributed by atoms with Crippen LogP contribution in [0.5, 0.6) is 0 Å². The van der Waals surface area contributed by atoms with Crippen molar-refractivity contribution in [2.75, 3.05) is 0 Å². The fourth-order valence-corrected chi connectivity index (χ4v) is 1.42. The highest BCUT2D eigenvalue weighted by molar-refractivity contribution is 5.05. The zero-order valence-corrected chi connectivity index (χ0v) is 8.86. The normalized spacial score (nSPS) is 28.6. The van der Waals surface area contributed by atoms with Crippen LogP contribution < -0.4 is 0 Å². The van der Waals surface area contributed by atoms with E-state index in [1.807, 2.05) is 0 Å². The number of allylic oxidation sites excluding steroid dienone is 8. The van der Waals surface area contributed by atoms with Gasteiger partial charge in [-0.1, -0.05) is 48.6 Å². The molecule has 0 heterocycles. The largest absolute Gasteiger partial charge is 0.0845 e. The third-order valence-electron chi connectivity index (χ3n) is 2.26. The molecule has 0 radical (unpaired) electrons. The zero-order chi connectivity index (χ0) is 9.90. The first kappa shape index (κ1) is 11.0. The number of rotatable bonds is 0. The minimum Gasteiger partial charge on any atom is -0.0845 e. The summed E-state index contributed by atoms with van der Waals surface area (Å²) in [5.74, 6) is 0. The van der Waals surface area contributed by atoms with Crippen LogP contribution in [0, 0.1) is 0 Å². The molecule has 0 spiro atoms. The molecular weight excluding hydrogens is 168 g/mol. The molecule has 0 aliphatic heterocycles. The Hall–Kier alpha value is -1.04. The van der Waals surface area contributed by atoms with Gasteiger partial charge in [0, 0.05) is 0 Å². The summed E-state index contributed by atoms with van der Waals surface area (Å²) >= 11 is 0. The lowest BCUT2D eigenvalue weighted by Crippen LogP contribution is -1.72. The summed E-state index contributed by atoms with van der Waals surface area (Å²) in [5.41, 5.74) is 0. The molecule has 0 nitrogen and oxygen atoms in total. The van der Waals surface area contributed by atoms with Crippen molar-refractivity contribution in [3.05, 3.63) is 48.6 Å². The smallest absolute Gasteiger partial charge is 0.0313 e. The Morgan fingerprint density at radius 3 is 1.21 bits per heavy atom. The fourth-order valence-electron chi connectivity index (χ4n) is 1.42. The Bertz CT molecular complexity index is 202. The predicted molar refractivity (Wildman–Crippen MR) is 64.3 cm³/mol. The third-order valence-corrected chi connectivity index (χ3v) is 2.26. The standard InChI is InChI=1S/C14H20/c1-2-4-6-8-10-12-14-13-11-9-7-5-3-1/h1-4,9,11,13-14H,5-8,10,12H2/b3-1-,4-2+,11-9+,14-13-. The summed E-state index contributed by atoms with van der Waals surface area (Å²) in [5, 5.41) is 0. The maximum absolute atomic E-state index is 2.27. The highest BCUT2D eigenvalue weighted by Gasteiger charge is 1.83. The van der Waals surface area contributed by atoms with Gasteiger partial charge in [-0.15, -0.1) is 0 Å². The van der Waals surface area contributed by atoms with E-state index in [2.05, 4.69) is 48.6 Å². The lowest BCUT2D eigenvalue weighted by atomic mass is 10.1. The van der Waals surface area contributed by atoms with Gasteiger partial charge >= 0.3 is 0 Å². The van der Waals surface area contributed by atoms with Gasteiger partial charge in [-0.05, 0) is 38.5 Å². The molecule has 0 N–H and O–H groups in total. The van der Waals surface area contributed by atoms with E-state index in [-0.39, 0.29) is 0 Å². The fraction of sp³-hybridized carbons (Fsp3) is 0.429. The molecule has 1 aliphatic carbocycles. The first-order valence-electron chi connectivity index (χ1n) is 5.63. The molecule has 0 atom stereocenters. The molecule has 1 rings (SSSR count). The van der Waals surface area contributed by atoms with E-state index in [0.717, 1.165) is 12.8 Å². The second-order valence-corrected chi connectivity index (χ2v) is 3.57. The van der Waals surface area contributed by atoms with Crippen LogP contribution in [-0.4, -0.2) is 0 Å². The van der Waals surface area contributed by atoms with Gasteiger partial charge in [-0.2, -0.15) is 0 Å². The van der Waals surface area contributed by atoms with Gasteiger partial charge in [0.2, 0.25) is 0 Å². The Kier molecular flexibility index (Phi) is 6.74. The first-order chi connectivity index (χ1) is 7.00. The van der Waals surface area contributed by atoms with E-state index in [0.29, 0.717) is 0 Å². The second-order valence-electron chi connectivity index (χ2n) is 3.57. The lowest BCUT2D eigenvalue weighted by Gasteiger charge is -1.92. The average Bonchev–Trinajstić information content (AvgIpc) is 2.22. The van der Waals surface area contributed by atoms with Crippen molar-refractivity contribution in [1.29, 1.82) is 0 Å². The molecule has 14 heavy (non-hydrogen) atoms. The van der Waals surface area contributed by atoms with E-state index >= 15 is 0 Å². The molecular formula is C14H20. The SMILES string of the molecule is C1=C\CCCC/C=C/C=C\CC/C=C/1. The second kappa shape index (κ2) is 8.55. The highest BCUT2D eigenvalue weighted by Crippen LogP contribution is 2.03. The molecule has 0 aromatic heterocycles. The van der Waals surface area contributed by atoms with Crippen LogP contribution in [-0.2, 0) is 0 Å². The third kappa shape index (κ3) is 6.47. The summed E-state index contributed by atoms with van der Waals surface area (Å²) in [6.07, 6.45) is 25.0. The molecule has 0 saturated heterocycles. The van der Waals surface area contributed by atoms with E-state index in [4.69, 9.17) is 0 Å². The van der Waals surface area contributed by atoms with Crippen molar-refractivity contribution in [3.63, 3.8) is 0 Å². The predicted octanol–water partition coefficient (Wildman–Crippen LogP) is 4.57. The van der Waals surface area contributed by atoms with Crippen LogP contribution in [0.3, 0.4) is 0 Å². The van der Waals surface area contributed by atoms with Crippen LogP contribution in [0.15, 0.2) is 48.6 Å². The molecule has 0 bridgehead atoms. The van der Waals surface area contributed by atoms with Gasteiger partial charge < -0.3 is 0 Å². The van der Waals surface area contributed by atoms with Gasteiger partial charge in [0.05, 0.1) is 0 Å². The summed E-state index contributed by atoms with van der Waals surface area (Å²) in [4.78, 5) is 0. The quantitative estimate of drug-likeness (QED) is 0.522. The Labute approximate surface area is 87.7 Å². The van der Waals surface area contributed by atoms with Crippen molar-refractivity contribution >= 4 is 0 Å². The van der Waals surface area contributed by atoms with E-state index in [1.165, 1.54) is 25.7 Å². The molecule has 0 amide bonds. The molecule has 0 aromatic carbocycles. The first-order valence-corrected chi connectivity index (χ1v) is 5.63. The zero-order valence-electron chi connectivity index (χ0n) is 8.86. The Morgan fingerprint density at radius 1 is 0.429 bits per heavy atom. The van der Waals surface area contributed by atoms with Crippen LogP contribution >= 0.6 is 0 Å². The minimum absolute atomic E-state index is 1.15. The maximum Gasteiger partial charge on any atom is -0.0313 e. The van der Waals surface area contributed by atoms with E-state index in [1.54, 1.807) is 0 Å². The van der Waals surface area contributed by atoms with Crippen molar-refractivity contribution in [1.82, 2.24) is 0 Å². The van der Waals surface area contributed by atoms with Crippen molar-refractivity contribution < 1.29 is 0 Å². The van der Waals surface area contributed by atoms with Gasteiger partial charge in [0.25, 0.3) is 0 Å². The van der Waals surface area contributed by atoms with Crippen molar-refractivity contribution in [2.45, 2.75) is 38.5 Å². The molecule has 0 aromatic rings. The minimum atomic E-state index is 1.15. The highest BCUT2D eigenvalue weighted by atomic mass is 13.9. The molecule has 0 saturated carbocycles. The molecule has 0 heteroatoms. The van der Waals surface area contributed by atoms with E-state index in [9.17, 15) is 0 Å². The van der Waals surface area contributed by atoms with Crippen LogP contribution in [0.4, 0.5) is 0 Å². The summed E-state index contributed by atoms with van der Waals surface area (Å²) in [6, 6.07) is 0. The van der Waals surface area contributed by atoms with Crippen molar-refractivity contribution in [2.24, 2.45) is 0 Å². The summed E-state index contributed by atoms with van der Waals surface area (Å²) in [7, 11) is 0. The number of hydrogen-bond acceptors (Lipinski definition) is 0. The van der Waals surface area contributed by atoms with Crippen LogP contribution in [0.2, 0.25) is 0 Å². The van der Waals surface area contributed by atoms with Crippen LogP contribution in [0.25, 0.3) is 0 Å². The van der Waals surface area contributed by atoms with E-state index < -0.39 is 0 Å². The summed E-state index contributed by atoms with van der Waals surface area (Å²) in [6.45, 7) is 0. The Balaban J connectivity index is 2.34. The monoisotopic (exact) mass is 188 g/mol. The van der Waals surface area contributed by atoms with Gasteiger partial charge in [-0.25, -0.2) is 0 Å². The molecule has 0 fully saturated rings. The topological polar surface area (TPSA) is 0 Å². The molecule has 76 valence electrons. The lowest BCUT2D eigenvalue weighted by molar-refractivity contribution is 0.762.